The van der Waals surface area contributed by atoms with Crippen molar-refractivity contribution in [1.82, 2.24) is 0 Å². The van der Waals surface area contributed by atoms with E-state index in [-0.39, 0.29) is 5.38 Å². The second-order valence-corrected chi connectivity index (χ2v) is 7.34. The summed E-state index contributed by atoms with van der Waals surface area (Å²) in [5.74, 6) is 0.876. The van der Waals surface area contributed by atoms with Crippen molar-refractivity contribution in [3.63, 3.8) is 0 Å². The summed E-state index contributed by atoms with van der Waals surface area (Å²) < 4.78 is 6.52. The van der Waals surface area contributed by atoms with E-state index in [9.17, 15) is 0 Å². The Kier molecular flexibility index (Phi) is 4.01. The molecule has 20 heavy (non-hydrogen) atoms. The summed E-state index contributed by atoms with van der Waals surface area (Å²) in [6.45, 7) is 0. The minimum Gasteiger partial charge on any atom is -0.496 e. The van der Waals surface area contributed by atoms with E-state index in [0.717, 1.165) is 30.7 Å². The Balaban J connectivity index is 2.17. The molecule has 0 aliphatic rings. The maximum atomic E-state index is 6.67. The predicted molar refractivity (Wildman–Crippen MR) is 90.2 cm³/mol. The smallest absolute Gasteiger partial charge is 0.126 e. The van der Waals surface area contributed by atoms with Crippen molar-refractivity contribution < 1.29 is 4.74 Å². The molecular formula is C16H12BrClOS. The van der Waals surface area contributed by atoms with Crippen molar-refractivity contribution in [2.75, 3.05) is 7.11 Å². The van der Waals surface area contributed by atoms with Crippen LogP contribution in [0.2, 0.25) is 0 Å². The normalized spacial score (nSPS) is 12.6. The first-order valence-corrected chi connectivity index (χ1v) is 8.20. The quantitative estimate of drug-likeness (QED) is 0.516. The van der Waals surface area contributed by atoms with Gasteiger partial charge in [0.1, 0.15) is 5.75 Å². The third kappa shape index (κ3) is 2.46. The van der Waals surface area contributed by atoms with Crippen molar-refractivity contribution in [2.24, 2.45) is 0 Å². The first kappa shape index (κ1) is 13.9. The molecule has 0 N–H and O–H groups in total. The Labute approximate surface area is 135 Å². The van der Waals surface area contributed by atoms with E-state index in [1.165, 1.54) is 0 Å². The van der Waals surface area contributed by atoms with E-state index >= 15 is 0 Å². The van der Waals surface area contributed by atoms with Crippen LogP contribution in [-0.2, 0) is 0 Å². The lowest BCUT2D eigenvalue weighted by atomic mass is 10.0. The topological polar surface area (TPSA) is 9.23 Å². The molecule has 102 valence electrons. The van der Waals surface area contributed by atoms with Gasteiger partial charge in [0.05, 0.1) is 16.3 Å². The van der Waals surface area contributed by atoms with Gasteiger partial charge >= 0.3 is 0 Å². The molecule has 4 heteroatoms. The molecule has 1 atom stereocenters. The molecular weight excluding hydrogens is 356 g/mol. The zero-order chi connectivity index (χ0) is 14.1. The van der Waals surface area contributed by atoms with Gasteiger partial charge in [-0.05, 0) is 45.1 Å². The Morgan fingerprint density at radius 3 is 2.45 bits per heavy atom. The van der Waals surface area contributed by atoms with Crippen LogP contribution in [0, 0.1) is 0 Å². The SMILES string of the molecule is COc1ccc(C(Cl)c2ccc(Br)s2)c2ccccc12. The average Bonchev–Trinajstić information content (AvgIpc) is 2.92. The number of fused-ring (bicyclic) bond motifs is 1. The zero-order valence-corrected chi connectivity index (χ0v) is 13.9. The zero-order valence-electron chi connectivity index (χ0n) is 10.8. The molecule has 0 fully saturated rings. The molecule has 1 unspecified atom stereocenters. The molecule has 0 saturated heterocycles. The minimum absolute atomic E-state index is 0.151. The number of ether oxygens (including phenoxy) is 1. The van der Waals surface area contributed by atoms with Crippen LogP contribution in [0.15, 0.2) is 52.3 Å². The first-order chi connectivity index (χ1) is 9.70. The van der Waals surface area contributed by atoms with E-state index in [1.54, 1.807) is 18.4 Å². The number of hydrogen-bond donors (Lipinski definition) is 0. The fraction of sp³-hybridized carbons (Fsp3) is 0.125. The van der Waals surface area contributed by atoms with Gasteiger partial charge in [0.2, 0.25) is 0 Å². The molecule has 0 radical (unpaired) electrons. The van der Waals surface area contributed by atoms with Crippen molar-refractivity contribution >= 4 is 49.6 Å². The van der Waals surface area contributed by atoms with Gasteiger partial charge < -0.3 is 4.74 Å². The maximum Gasteiger partial charge on any atom is 0.126 e. The molecule has 0 aliphatic heterocycles. The Morgan fingerprint density at radius 1 is 1.05 bits per heavy atom. The molecule has 0 spiro atoms. The summed E-state index contributed by atoms with van der Waals surface area (Å²) in [6.07, 6.45) is 0. The molecule has 0 bridgehead atoms. The Hall–Kier alpha value is -1.03. The van der Waals surface area contributed by atoms with E-state index in [4.69, 9.17) is 16.3 Å². The second-order valence-electron chi connectivity index (χ2n) is 4.41. The van der Waals surface area contributed by atoms with E-state index in [2.05, 4.69) is 34.1 Å². The molecule has 1 heterocycles. The van der Waals surface area contributed by atoms with Gasteiger partial charge in [0, 0.05) is 10.3 Å². The van der Waals surface area contributed by atoms with Crippen LogP contribution in [0.25, 0.3) is 10.8 Å². The number of halogens is 2. The lowest BCUT2D eigenvalue weighted by Crippen LogP contribution is -1.94. The Bertz CT molecular complexity index is 753. The standard InChI is InChI=1S/C16H12BrClOS/c1-19-13-7-6-12(10-4-2-3-5-11(10)13)16(18)14-8-9-15(17)20-14/h2-9,16H,1H3. The Morgan fingerprint density at radius 2 is 1.80 bits per heavy atom. The number of thiophene rings is 1. The van der Waals surface area contributed by atoms with Crippen LogP contribution in [0.4, 0.5) is 0 Å². The molecule has 3 aromatic rings. The molecule has 0 amide bonds. The van der Waals surface area contributed by atoms with Crippen LogP contribution in [0.3, 0.4) is 0 Å². The number of methoxy groups -OCH3 is 1. The minimum atomic E-state index is -0.151. The molecule has 3 rings (SSSR count). The van der Waals surface area contributed by atoms with Gasteiger partial charge in [-0.2, -0.15) is 0 Å². The number of hydrogen-bond acceptors (Lipinski definition) is 2. The number of benzene rings is 2. The van der Waals surface area contributed by atoms with E-state index < -0.39 is 0 Å². The van der Waals surface area contributed by atoms with Gasteiger partial charge in [-0.3, -0.25) is 0 Å². The maximum absolute atomic E-state index is 6.67. The lowest BCUT2D eigenvalue weighted by Gasteiger charge is -2.14. The summed E-state index contributed by atoms with van der Waals surface area (Å²) in [7, 11) is 1.69. The van der Waals surface area contributed by atoms with E-state index in [0.29, 0.717) is 0 Å². The first-order valence-electron chi connectivity index (χ1n) is 6.15. The fourth-order valence-electron chi connectivity index (χ4n) is 2.31. The van der Waals surface area contributed by atoms with Crippen molar-refractivity contribution in [3.8, 4) is 5.75 Å². The summed E-state index contributed by atoms with van der Waals surface area (Å²) in [5.41, 5.74) is 1.11. The summed E-state index contributed by atoms with van der Waals surface area (Å²) >= 11 is 11.8. The highest BCUT2D eigenvalue weighted by molar-refractivity contribution is 9.11. The van der Waals surface area contributed by atoms with Gasteiger partial charge in [-0.15, -0.1) is 22.9 Å². The summed E-state index contributed by atoms with van der Waals surface area (Å²) in [6, 6.07) is 16.3. The largest absolute Gasteiger partial charge is 0.496 e. The lowest BCUT2D eigenvalue weighted by molar-refractivity contribution is 0.419. The van der Waals surface area contributed by atoms with Crippen molar-refractivity contribution in [3.05, 3.63) is 62.8 Å². The average molecular weight is 368 g/mol. The van der Waals surface area contributed by atoms with Gasteiger partial charge in [-0.25, -0.2) is 0 Å². The molecule has 0 aliphatic carbocycles. The highest BCUT2D eigenvalue weighted by Crippen LogP contribution is 2.40. The number of rotatable bonds is 3. The van der Waals surface area contributed by atoms with Crippen molar-refractivity contribution in [2.45, 2.75) is 5.38 Å². The molecule has 1 nitrogen and oxygen atoms in total. The van der Waals surface area contributed by atoms with Crippen LogP contribution < -0.4 is 4.74 Å². The summed E-state index contributed by atoms with van der Waals surface area (Å²) in [4.78, 5) is 1.13. The van der Waals surface area contributed by atoms with Crippen LogP contribution >= 0.6 is 38.9 Å². The van der Waals surface area contributed by atoms with Crippen LogP contribution in [-0.4, -0.2) is 7.11 Å². The van der Waals surface area contributed by atoms with Gasteiger partial charge in [-0.1, -0.05) is 30.3 Å². The third-order valence-corrected chi connectivity index (χ3v) is 5.54. The highest BCUT2D eigenvalue weighted by atomic mass is 79.9. The fourth-order valence-corrected chi connectivity index (χ4v) is 4.13. The van der Waals surface area contributed by atoms with Crippen molar-refractivity contribution in [1.29, 1.82) is 0 Å². The summed E-state index contributed by atoms with van der Waals surface area (Å²) in [5, 5.41) is 2.08. The van der Waals surface area contributed by atoms with Gasteiger partial charge in [0.15, 0.2) is 0 Å². The molecule has 1 aromatic heterocycles. The van der Waals surface area contributed by atoms with Crippen LogP contribution in [0.1, 0.15) is 15.8 Å². The van der Waals surface area contributed by atoms with Gasteiger partial charge in [0.25, 0.3) is 0 Å². The third-order valence-electron chi connectivity index (χ3n) is 3.25. The second kappa shape index (κ2) is 5.76. The molecule has 0 saturated carbocycles. The highest BCUT2D eigenvalue weighted by Gasteiger charge is 2.17. The number of alkyl halides is 1. The van der Waals surface area contributed by atoms with Crippen LogP contribution in [0.5, 0.6) is 5.75 Å². The van der Waals surface area contributed by atoms with E-state index in [1.807, 2.05) is 30.3 Å². The monoisotopic (exact) mass is 366 g/mol. The molecule has 2 aromatic carbocycles. The predicted octanol–water partition coefficient (Wildman–Crippen LogP) is 6.00.